The van der Waals surface area contributed by atoms with Gasteiger partial charge in [0, 0.05) is 0 Å². The second kappa shape index (κ2) is 7.13. The maximum atomic E-state index is 9.91. The number of hydrogen-bond acceptors (Lipinski definition) is 3. The largest absolute Gasteiger partial charge is 0.519 e. The monoisotopic (exact) mass is 318 g/mol. The van der Waals surface area contributed by atoms with Gasteiger partial charge in [-0.2, -0.15) is 0 Å². The summed E-state index contributed by atoms with van der Waals surface area (Å²) in [6, 6.07) is 4.91. The van der Waals surface area contributed by atoms with Crippen molar-refractivity contribution in [1.82, 2.24) is 0 Å². The van der Waals surface area contributed by atoms with E-state index in [4.69, 9.17) is 13.9 Å². The Hall–Kier alpha value is -2.56. The lowest BCUT2D eigenvalue weighted by atomic mass is 10.0. The normalized spacial score (nSPS) is 11.6. The number of methoxy groups -OCH3 is 1. The Kier molecular flexibility index (Phi) is 5.21. The van der Waals surface area contributed by atoms with Gasteiger partial charge in [0.1, 0.15) is 5.75 Å². The molecule has 0 saturated carbocycles. The average molecular weight is 318 g/mol. The highest BCUT2D eigenvalue weighted by Crippen LogP contribution is 2.33. The van der Waals surface area contributed by atoms with Crippen LogP contribution < -0.4 is 15.1 Å². The molecule has 2 N–H and O–H groups in total. The number of hydrogen-bond donors (Lipinski definition) is 0. The maximum absolute atomic E-state index is 9.91. The first-order valence-corrected chi connectivity index (χ1v) is 7.53. The van der Waals surface area contributed by atoms with E-state index in [0.29, 0.717) is 22.7 Å². The minimum atomic E-state index is -0.192. The van der Waals surface area contributed by atoms with Crippen molar-refractivity contribution in [3.8, 4) is 11.5 Å². The lowest BCUT2D eigenvalue weighted by Gasteiger charge is -2.06. The highest BCUT2D eigenvalue weighted by atomic mass is 16.5. The Morgan fingerprint density at radius 1 is 1.30 bits per heavy atom. The first kappa shape index (κ1) is 16.8. The molecule has 1 heterocycles. The summed E-state index contributed by atoms with van der Waals surface area (Å²) in [6.07, 6.45) is 3.45. The zero-order valence-corrected chi connectivity index (χ0v) is 13.8. The summed E-state index contributed by atoms with van der Waals surface area (Å²) in [5.41, 5.74) is 1.82. The molecule has 0 fully saturated rings. The molecule has 5 heteroatoms. The summed E-state index contributed by atoms with van der Waals surface area (Å²) < 4.78 is 16.3. The summed E-state index contributed by atoms with van der Waals surface area (Å²) in [6.45, 7) is 5.60. The van der Waals surface area contributed by atoms with E-state index >= 15 is 0 Å². The van der Waals surface area contributed by atoms with Gasteiger partial charge in [0.05, 0.1) is 36.3 Å². The average Bonchev–Trinajstić information content (AvgIpc) is 2.52. The van der Waals surface area contributed by atoms with Gasteiger partial charge in [-0.25, -0.2) is 0 Å². The van der Waals surface area contributed by atoms with Crippen molar-refractivity contribution in [3.05, 3.63) is 41.0 Å². The van der Waals surface area contributed by atoms with Crippen molar-refractivity contribution >= 4 is 16.9 Å². The van der Waals surface area contributed by atoms with E-state index in [1.807, 2.05) is 0 Å². The van der Waals surface area contributed by atoms with Gasteiger partial charge in [0.25, 0.3) is 11.3 Å². The van der Waals surface area contributed by atoms with Crippen LogP contribution in [0.15, 0.2) is 34.3 Å². The molecule has 2 aromatic rings. The van der Waals surface area contributed by atoms with Crippen LogP contribution in [-0.4, -0.2) is 22.7 Å². The minimum Gasteiger partial charge on any atom is -0.496 e. The van der Waals surface area contributed by atoms with Crippen LogP contribution in [0.3, 0.4) is 0 Å². The minimum absolute atomic E-state index is 0.169. The number of carbonyl (C=O) groups excluding carboxylic acids is 1. The Morgan fingerprint density at radius 2 is 2.04 bits per heavy atom. The van der Waals surface area contributed by atoms with Gasteiger partial charge < -0.3 is 14.3 Å². The second-order valence-corrected chi connectivity index (χ2v) is 5.24. The van der Waals surface area contributed by atoms with Crippen LogP contribution in [0.1, 0.15) is 32.8 Å². The summed E-state index contributed by atoms with van der Waals surface area (Å²) in [4.78, 5) is 19.7. The molecule has 0 aliphatic rings. The first-order valence-electron chi connectivity index (χ1n) is 7.53. The third-order valence-electron chi connectivity index (χ3n) is 3.60. The van der Waals surface area contributed by atoms with E-state index in [1.54, 1.807) is 45.2 Å². The molecule has 0 atom stereocenters. The van der Waals surface area contributed by atoms with Crippen LogP contribution in [0.25, 0.3) is 11.0 Å². The van der Waals surface area contributed by atoms with E-state index in [1.165, 1.54) is 0 Å². The fraction of sp³-hybridized carbons (Fsp3) is 0.333. The van der Waals surface area contributed by atoms with Crippen LogP contribution >= 0.6 is 0 Å². The van der Waals surface area contributed by atoms with Crippen LogP contribution in [0.4, 0.5) is 0 Å². The number of allylic oxidation sites excluding steroid dienone is 1. The summed E-state index contributed by atoms with van der Waals surface area (Å²) in [5, 5.41) is 0.793. The quantitative estimate of drug-likeness (QED) is 0.279. The molecule has 0 aliphatic carbocycles. The number of ether oxygens (including phenoxy) is 2. The summed E-state index contributed by atoms with van der Waals surface area (Å²) in [5.74, 6) is 0.739. The molecule has 0 bridgehead atoms. The van der Waals surface area contributed by atoms with Crippen LogP contribution in [0, 0.1) is 0 Å². The van der Waals surface area contributed by atoms with Gasteiger partial charge in [-0.05, 0) is 25.8 Å². The molecule has 0 amide bonds. The lowest BCUT2D eigenvalue weighted by Crippen LogP contribution is -2.10. The zero-order valence-electron chi connectivity index (χ0n) is 13.8. The molecule has 0 unspecified atom stereocenters. The molecule has 0 saturated heterocycles. The molecular formula is C18H22O5+2. The van der Waals surface area contributed by atoms with Gasteiger partial charge in [-0.3, -0.25) is 9.15 Å². The Labute approximate surface area is 134 Å². The predicted molar refractivity (Wildman–Crippen MR) is 88.8 cm³/mol. The van der Waals surface area contributed by atoms with E-state index in [-0.39, 0.29) is 11.6 Å². The third-order valence-corrected chi connectivity index (χ3v) is 3.60. The fourth-order valence-electron chi connectivity index (χ4n) is 2.33. The highest BCUT2D eigenvalue weighted by molar-refractivity contribution is 5.92. The predicted octanol–water partition coefficient (Wildman–Crippen LogP) is 3.25. The van der Waals surface area contributed by atoms with E-state index in [0.717, 1.165) is 23.8 Å². The molecule has 0 radical (unpaired) electrons. The van der Waals surface area contributed by atoms with Crippen molar-refractivity contribution < 1.29 is 23.5 Å². The zero-order chi connectivity index (χ0) is 17.0. The van der Waals surface area contributed by atoms with Crippen LogP contribution in [0.2, 0.25) is 0 Å². The Balaban J connectivity index is 2.59. The van der Waals surface area contributed by atoms with Crippen molar-refractivity contribution in [3.63, 3.8) is 0 Å². The summed E-state index contributed by atoms with van der Waals surface area (Å²) >= 11 is 0. The molecule has 1 aromatic heterocycles. The van der Waals surface area contributed by atoms with E-state index in [2.05, 4.69) is 6.92 Å². The SMILES string of the molecule is C/C=C(\C)C(=[OH+])Oc1cc(OC)c2c(CCC)cc(=[OH+])oc2c1. The third kappa shape index (κ3) is 3.62. The number of rotatable bonds is 5. The molecule has 122 valence electrons. The van der Waals surface area contributed by atoms with Gasteiger partial charge >= 0.3 is 11.6 Å². The lowest BCUT2D eigenvalue weighted by molar-refractivity contribution is 0.385. The van der Waals surface area contributed by atoms with Gasteiger partial charge in [0.2, 0.25) is 0 Å². The Bertz CT molecular complexity index is 814. The Morgan fingerprint density at radius 3 is 2.65 bits per heavy atom. The molecule has 1 aromatic carbocycles. The van der Waals surface area contributed by atoms with Gasteiger partial charge in [0.15, 0.2) is 0 Å². The summed E-state index contributed by atoms with van der Waals surface area (Å²) in [7, 11) is 1.56. The van der Waals surface area contributed by atoms with Crippen LogP contribution in [-0.2, 0) is 6.42 Å². The molecule has 2 rings (SSSR count). The molecule has 5 nitrogen and oxygen atoms in total. The topological polar surface area (TPSA) is 74.4 Å². The van der Waals surface area contributed by atoms with Crippen LogP contribution in [0.5, 0.6) is 11.5 Å². The van der Waals surface area contributed by atoms with Crippen molar-refractivity contribution in [2.75, 3.05) is 7.11 Å². The number of esters is 1. The number of fused-ring (bicyclic) bond motifs is 1. The van der Waals surface area contributed by atoms with Crippen molar-refractivity contribution in [1.29, 1.82) is 0 Å². The maximum Gasteiger partial charge on any atom is 0.519 e. The first-order chi connectivity index (χ1) is 11.0. The van der Waals surface area contributed by atoms with E-state index < -0.39 is 0 Å². The van der Waals surface area contributed by atoms with Crippen molar-refractivity contribution in [2.24, 2.45) is 0 Å². The fourth-order valence-corrected chi connectivity index (χ4v) is 2.33. The van der Waals surface area contributed by atoms with E-state index in [9.17, 15) is 9.59 Å². The smallest absolute Gasteiger partial charge is 0.496 e. The standard InChI is InChI=1S/C18H20O5/c1-5-7-12-8-16(19)23-15-10-13(9-14(21-4)17(12)15)22-18(20)11(3)6-2/h6,8-10H,5,7H2,1-4H3/p+2/b11-6+. The molecule has 23 heavy (non-hydrogen) atoms. The second-order valence-electron chi connectivity index (χ2n) is 5.24. The number of benzene rings is 1. The van der Waals surface area contributed by atoms with Gasteiger partial charge in [-0.15, -0.1) is 0 Å². The molecular weight excluding hydrogens is 296 g/mol. The molecule has 0 spiro atoms. The van der Waals surface area contributed by atoms with Crippen molar-refractivity contribution in [2.45, 2.75) is 33.6 Å². The number of aryl methyl sites for hydroxylation is 1. The molecule has 0 aliphatic heterocycles. The highest BCUT2D eigenvalue weighted by Gasteiger charge is 2.23. The van der Waals surface area contributed by atoms with Gasteiger partial charge in [-0.1, -0.05) is 19.4 Å².